The van der Waals surface area contributed by atoms with Crippen LogP contribution in [0.4, 0.5) is 0 Å². The molecule has 0 aliphatic heterocycles. The molecule has 0 saturated heterocycles. The topological polar surface area (TPSA) is 0 Å². The van der Waals surface area contributed by atoms with E-state index < -0.39 is 0 Å². The monoisotopic (exact) mass is 1640 g/mol. The van der Waals surface area contributed by atoms with Crippen LogP contribution in [0.2, 0.25) is 26.2 Å². The maximum Gasteiger partial charge on any atom is -1.00 e. The van der Waals surface area contributed by atoms with E-state index in [-0.39, 0.29) is 35.7 Å². The largest absolute Gasteiger partial charge is 1.00 e. The van der Waals surface area contributed by atoms with Crippen molar-refractivity contribution in [2.24, 2.45) is 0 Å². The molecule has 0 nitrogen and oxygen atoms in total. The van der Waals surface area contributed by atoms with E-state index >= 15 is 0 Å². The SMILES string of the molecule is CCc1cc2c(-c3cc4ccccc4c4ccccc34)cccc2[cH-]1.CCc1cc2c(-c3cc4ccccc4c4ccccc34)cccc2[cH-]1.CCc1cc2c(-c3cc4ccccc4c4ccccc34)cccc2[cH-]1.CCc1cc2c(-c3cc4ccccc4c4ccccc34)cccc2[cH-]1.C[Si](C)=[Zr+2].C[Si](C)=[Zr+2].[Cl-].[Cl-]. The second-order valence-corrected chi connectivity index (χ2v) is 47.6. The molecule has 0 amide bonds. The van der Waals surface area contributed by atoms with E-state index in [1.807, 2.05) is 0 Å². The number of benzene rings is 16. The van der Waals surface area contributed by atoms with E-state index in [0.29, 0.717) is 0 Å². The van der Waals surface area contributed by atoms with Gasteiger partial charge in [-0.1, -0.05) is 268 Å². The van der Waals surface area contributed by atoms with Crippen LogP contribution in [0.1, 0.15) is 49.9 Å². The van der Waals surface area contributed by atoms with Gasteiger partial charge < -0.3 is 24.8 Å². The summed E-state index contributed by atoms with van der Waals surface area (Å²) in [5.74, 6) is 0. The Kier molecular flexibility index (Phi) is 25.7. The van der Waals surface area contributed by atoms with E-state index in [9.17, 15) is 0 Å². The van der Waals surface area contributed by atoms with Crippen molar-refractivity contribution >= 4 is 140 Å². The van der Waals surface area contributed by atoms with Crippen molar-refractivity contribution in [3.63, 3.8) is 0 Å². The second kappa shape index (κ2) is 35.9. The summed E-state index contributed by atoms with van der Waals surface area (Å²) >= 11 is 3.48. The van der Waals surface area contributed by atoms with Gasteiger partial charge in [0.15, 0.2) is 0 Å². The zero-order chi connectivity index (χ0) is 74.4. The standard InChI is InChI=1S/4C25H19.2C2H6Si.2ClH.2Zr/c4*1-2-17-14-18-9-7-13-23(24(18)15-17)25-16-19-8-3-4-10-20(19)21-11-5-6-12-22(21)25;2*1-3-2;;;;/h4*3-16H,2H2,1H3;2*1-2H3;2*1H;;/q4*-1;;;;;2*+2/p-2. The summed E-state index contributed by atoms with van der Waals surface area (Å²) in [4.78, 5) is 0. The first kappa shape index (κ1) is 78.9. The van der Waals surface area contributed by atoms with E-state index in [0.717, 1.165) is 25.7 Å². The maximum atomic E-state index is 2.36. The summed E-state index contributed by atoms with van der Waals surface area (Å²) in [5, 5.41) is 31.9. The number of halogens is 2. The molecule has 0 heterocycles. The van der Waals surface area contributed by atoms with Gasteiger partial charge in [-0.15, -0.1) is 138 Å². The third-order valence-electron chi connectivity index (χ3n) is 21.1. The van der Waals surface area contributed by atoms with Gasteiger partial charge in [0.25, 0.3) is 0 Å². The molecule has 6 heteroatoms. The molecule has 0 fully saturated rings. The van der Waals surface area contributed by atoms with Crippen molar-refractivity contribution < 1.29 is 71.5 Å². The van der Waals surface area contributed by atoms with Gasteiger partial charge in [0.1, 0.15) is 0 Å². The van der Waals surface area contributed by atoms with E-state index in [1.54, 1.807) is 46.7 Å². The third kappa shape index (κ3) is 16.6. The van der Waals surface area contributed by atoms with Gasteiger partial charge in [0.05, 0.1) is 0 Å². The van der Waals surface area contributed by atoms with E-state index in [1.165, 1.54) is 196 Å². The fraction of sp³-hybridized carbons (Fsp3) is 0.115. The first-order valence-electron chi connectivity index (χ1n) is 38.3. The van der Waals surface area contributed by atoms with Crippen molar-refractivity contribution in [1.82, 2.24) is 0 Å². The molecule has 0 aliphatic carbocycles. The number of rotatable bonds is 8. The van der Waals surface area contributed by atoms with Gasteiger partial charge in [-0.3, -0.25) is 0 Å². The van der Waals surface area contributed by atoms with Crippen LogP contribution in [-0.2, 0) is 72.4 Å². The fourth-order valence-corrected chi connectivity index (χ4v) is 16.1. The molecule has 0 radical (unpaired) electrons. The van der Waals surface area contributed by atoms with Crippen LogP contribution in [0.3, 0.4) is 0 Å². The van der Waals surface area contributed by atoms with Crippen molar-refractivity contribution in [2.45, 2.75) is 79.6 Å². The van der Waals surface area contributed by atoms with Gasteiger partial charge in [-0.05, 0) is 158 Å². The summed E-state index contributed by atoms with van der Waals surface area (Å²) in [7, 11) is 0. The van der Waals surface area contributed by atoms with Crippen LogP contribution in [0.15, 0.2) is 340 Å². The van der Waals surface area contributed by atoms with Crippen molar-refractivity contribution in [3.8, 4) is 44.5 Å². The smallest absolute Gasteiger partial charge is 1.00 e. The zero-order valence-electron chi connectivity index (χ0n) is 63.9. The first-order chi connectivity index (χ1) is 52.9. The number of fused-ring (bicyclic) bond motifs is 16. The average molecular weight is 1650 g/mol. The Morgan fingerprint density at radius 1 is 0.200 bits per heavy atom. The summed E-state index contributed by atoms with van der Waals surface area (Å²) in [6.07, 6.45) is 4.30. The Morgan fingerprint density at radius 2 is 0.373 bits per heavy atom. The van der Waals surface area contributed by atoms with Crippen LogP contribution in [0.5, 0.6) is 0 Å². The zero-order valence-corrected chi connectivity index (χ0v) is 72.3. The van der Waals surface area contributed by atoms with Crippen LogP contribution in [0, 0.1) is 0 Å². The molecule has 0 spiro atoms. The number of hydrogen-bond acceptors (Lipinski definition) is 0. The summed E-state index contributed by atoms with van der Waals surface area (Å²) < 4.78 is 0. The molecule has 0 unspecified atom stereocenters. The molecular weight excluding hydrogens is 1560 g/mol. The van der Waals surface area contributed by atoms with Gasteiger partial charge in [0, 0.05) is 0 Å². The second-order valence-electron chi connectivity index (χ2n) is 28.9. The molecule has 20 rings (SSSR count). The fourth-order valence-electron chi connectivity index (χ4n) is 16.1. The Morgan fingerprint density at radius 3 is 0.564 bits per heavy atom. The van der Waals surface area contributed by atoms with E-state index in [4.69, 9.17) is 0 Å². The molecular formula is C104H88Cl2Si2Zr2-2. The Labute approximate surface area is 690 Å². The summed E-state index contributed by atoms with van der Waals surface area (Å²) in [5.41, 5.74) is 16.7. The van der Waals surface area contributed by atoms with Gasteiger partial charge in [-0.2, -0.15) is 24.3 Å². The third-order valence-corrected chi connectivity index (χ3v) is 21.1. The number of hydrogen-bond donors (Lipinski definition) is 0. The van der Waals surface area contributed by atoms with Crippen LogP contribution in [-0.4, -0.2) is 10.9 Å². The molecule has 20 aromatic carbocycles. The molecule has 536 valence electrons. The van der Waals surface area contributed by atoms with Crippen LogP contribution < -0.4 is 24.8 Å². The molecule has 0 atom stereocenters. The van der Waals surface area contributed by atoms with Crippen molar-refractivity contribution in [3.05, 3.63) is 362 Å². The summed E-state index contributed by atoms with van der Waals surface area (Å²) in [6.45, 7) is 18.1. The maximum absolute atomic E-state index is 2.36. The quantitative estimate of drug-likeness (QED) is 0.0808. The molecule has 0 aromatic heterocycles. The normalized spacial score (nSPS) is 11.0. The molecule has 0 bridgehead atoms. The predicted octanol–water partition coefficient (Wildman–Crippen LogP) is 24.0. The predicted molar refractivity (Wildman–Crippen MR) is 472 cm³/mol. The molecule has 0 aliphatic rings. The van der Waals surface area contributed by atoms with Crippen LogP contribution >= 0.6 is 0 Å². The Balaban J connectivity index is 0.000000124. The molecule has 110 heavy (non-hydrogen) atoms. The summed E-state index contributed by atoms with van der Waals surface area (Å²) in [6, 6.07) is 125. The molecule has 20 aromatic rings. The average Bonchev–Trinajstić information content (AvgIpc) is 1.22. The minimum absolute atomic E-state index is 0. The molecule has 0 saturated carbocycles. The number of aryl methyl sites for hydroxylation is 4. The van der Waals surface area contributed by atoms with Gasteiger partial charge in [-0.25, -0.2) is 0 Å². The molecule has 0 N–H and O–H groups in total. The van der Waals surface area contributed by atoms with Gasteiger partial charge >= 0.3 is 83.7 Å². The first-order valence-corrected chi connectivity index (χ1v) is 50.6. The minimum Gasteiger partial charge on any atom is -1.00 e. The van der Waals surface area contributed by atoms with Crippen molar-refractivity contribution in [2.75, 3.05) is 0 Å². The van der Waals surface area contributed by atoms with Crippen molar-refractivity contribution in [1.29, 1.82) is 0 Å². The minimum atomic E-state index is 0. The van der Waals surface area contributed by atoms with Crippen LogP contribution in [0.25, 0.3) is 174 Å². The Hall–Kier alpha value is -9.18. The Bertz CT molecular complexity index is 5930. The van der Waals surface area contributed by atoms with E-state index in [2.05, 4.69) is 394 Å². The van der Waals surface area contributed by atoms with Gasteiger partial charge in [0.2, 0.25) is 0 Å².